The Hall–Kier alpha value is -2.09. The van der Waals surface area contributed by atoms with Gasteiger partial charge in [0.1, 0.15) is 0 Å². The summed E-state index contributed by atoms with van der Waals surface area (Å²) in [5.41, 5.74) is -0.444. The molecule has 1 N–H and O–H groups in total. The number of anilines is 1. The normalized spacial score (nSPS) is 17.6. The van der Waals surface area contributed by atoms with Crippen LogP contribution in [0.5, 0.6) is 0 Å². The van der Waals surface area contributed by atoms with Crippen LogP contribution in [-0.2, 0) is 20.5 Å². The van der Waals surface area contributed by atoms with Gasteiger partial charge >= 0.3 is 12.1 Å². The third kappa shape index (κ3) is 5.20. The van der Waals surface area contributed by atoms with Gasteiger partial charge in [0.25, 0.3) is 0 Å². The van der Waals surface area contributed by atoms with Crippen LogP contribution in [0.15, 0.2) is 24.3 Å². The molecule has 0 spiro atoms. The Morgan fingerprint density at radius 2 is 1.81 bits per heavy atom. The van der Waals surface area contributed by atoms with Crippen molar-refractivity contribution >= 4 is 17.6 Å². The van der Waals surface area contributed by atoms with Gasteiger partial charge in [-0.3, -0.25) is 14.5 Å². The van der Waals surface area contributed by atoms with Crippen molar-refractivity contribution in [2.24, 2.45) is 5.92 Å². The topological polar surface area (TPSA) is 58.6 Å². The molecule has 0 bridgehead atoms. The van der Waals surface area contributed by atoms with Crippen LogP contribution in [0, 0.1) is 5.92 Å². The first-order chi connectivity index (χ1) is 12.2. The van der Waals surface area contributed by atoms with Crippen molar-refractivity contribution in [3.8, 4) is 0 Å². The molecule has 1 heterocycles. The van der Waals surface area contributed by atoms with Gasteiger partial charge in [0, 0.05) is 5.69 Å². The minimum absolute atomic E-state index is 0.142. The van der Waals surface area contributed by atoms with Gasteiger partial charge in [0.15, 0.2) is 0 Å². The quantitative estimate of drug-likeness (QED) is 0.806. The number of alkyl halides is 3. The van der Waals surface area contributed by atoms with Crippen LogP contribution in [0.25, 0.3) is 0 Å². The molecule has 1 amide bonds. The molecule has 144 valence electrons. The molecule has 1 aromatic rings. The first-order valence-electron chi connectivity index (χ1n) is 8.61. The number of esters is 1. The number of carbonyl (C=O) groups is 2. The Morgan fingerprint density at radius 3 is 2.31 bits per heavy atom. The Labute approximate surface area is 150 Å². The Kier molecular flexibility index (Phi) is 6.63. The Bertz CT molecular complexity index is 624. The number of carbonyl (C=O) groups excluding carboxylic acids is 2. The number of piperidine rings is 1. The third-order valence-electron chi connectivity index (χ3n) is 4.56. The highest BCUT2D eigenvalue weighted by atomic mass is 19.4. The van der Waals surface area contributed by atoms with E-state index in [0.29, 0.717) is 38.2 Å². The molecule has 1 aliphatic rings. The molecule has 8 heteroatoms. The monoisotopic (exact) mass is 372 g/mol. The van der Waals surface area contributed by atoms with Gasteiger partial charge in [-0.25, -0.2) is 0 Å². The number of likely N-dealkylation sites (tertiary alicyclic amines) is 1. The molecule has 5 nitrogen and oxygen atoms in total. The number of halogens is 3. The van der Waals surface area contributed by atoms with Crippen LogP contribution in [0.2, 0.25) is 0 Å². The van der Waals surface area contributed by atoms with E-state index in [4.69, 9.17) is 4.74 Å². The molecule has 1 aliphatic heterocycles. The summed E-state index contributed by atoms with van der Waals surface area (Å²) >= 11 is 0. The summed E-state index contributed by atoms with van der Waals surface area (Å²) in [4.78, 5) is 26.0. The second kappa shape index (κ2) is 8.53. The summed E-state index contributed by atoms with van der Waals surface area (Å²) in [6.07, 6.45) is -3.16. The van der Waals surface area contributed by atoms with Crippen molar-refractivity contribution in [1.82, 2.24) is 4.90 Å². The maximum atomic E-state index is 12.6. The van der Waals surface area contributed by atoms with E-state index in [-0.39, 0.29) is 17.8 Å². The lowest BCUT2D eigenvalue weighted by molar-refractivity contribution is -0.149. The lowest BCUT2D eigenvalue weighted by Crippen LogP contribution is -2.47. The fraction of sp³-hybridized carbons (Fsp3) is 0.556. The van der Waals surface area contributed by atoms with Crippen molar-refractivity contribution in [1.29, 1.82) is 0 Å². The second-order valence-electron chi connectivity index (χ2n) is 6.30. The van der Waals surface area contributed by atoms with E-state index in [1.165, 1.54) is 12.1 Å². The molecule has 0 aliphatic carbocycles. The van der Waals surface area contributed by atoms with E-state index in [9.17, 15) is 22.8 Å². The molecule has 1 unspecified atom stereocenters. The van der Waals surface area contributed by atoms with Gasteiger partial charge in [-0.05, 0) is 64.0 Å². The van der Waals surface area contributed by atoms with Gasteiger partial charge in [0.2, 0.25) is 5.91 Å². The number of hydrogen-bond acceptors (Lipinski definition) is 4. The number of amides is 1. The largest absolute Gasteiger partial charge is 0.466 e. The lowest BCUT2D eigenvalue weighted by Gasteiger charge is -2.34. The number of ether oxygens (including phenoxy) is 1. The van der Waals surface area contributed by atoms with Crippen molar-refractivity contribution in [3.05, 3.63) is 29.8 Å². The highest BCUT2D eigenvalue weighted by Gasteiger charge is 2.31. The summed E-state index contributed by atoms with van der Waals surface area (Å²) in [5, 5.41) is 2.63. The summed E-state index contributed by atoms with van der Waals surface area (Å²) < 4.78 is 42.7. The Balaban J connectivity index is 1.87. The molecule has 26 heavy (non-hydrogen) atoms. The van der Waals surface area contributed by atoms with Gasteiger partial charge in [-0.15, -0.1) is 0 Å². The SMILES string of the molecule is CCOC(=O)C1CCN(C(C)C(=O)Nc2ccc(C(F)(F)F)cc2)CC1. The zero-order chi connectivity index (χ0) is 19.3. The second-order valence-corrected chi connectivity index (χ2v) is 6.30. The molecule has 1 atom stereocenters. The molecule has 1 aromatic carbocycles. The molecule has 1 fully saturated rings. The summed E-state index contributed by atoms with van der Waals surface area (Å²) in [6, 6.07) is 3.90. The summed E-state index contributed by atoms with van der Waals surface area (Å²) in [5.74, 6) is -0.635. The van der Waals surface area contributed by atoms with Crippen LogP contribution in [0.4, 0.5) is 18.9 Å². The van der Waals surface area contributed by atoms with E-state index in [2.05, 4.69) is 5.32 Å². The molecule has 0 radical (unpaired) electrons. The van der Waals surface area contributed by atoms with E-state index < -0.39 is 17.8 Å². The Morgan fingerprint density at radius 1 is 1.23 bits per heavy atom. The van der Waals surface area contributed by atoms with Crippen molar-refractivity contribution in [2.45, 2.75) is 38.9 Å². The van der Waals surface area contributed by atoms with Gasteiger partial charge in [0.05, 0.1) is 24.1 Å². The molecule has 0 aromatic heterocycles. The van der Waals surface area contributed by atoms with Crippen molar-refractivity contribution in [3.63, 3.8) is 0 Å². The minimum atomic E-state index is -4.40. The van der Waals surface area contributed by atoms with Gasteiger partial charge < -0.3 is 10.1 Å². The van der Waals surface area contributed by atoms with Crippen LogP contribution in [-0.4, -0.2) is 42.5 Å². The lowest BCUT2D eigenvalue weighted by atomic mass is 9.96. The highest BCUT2D eigenvalue weighted by molar-refractivity contribution is 5.94. The maximum Gasteiger partial charge on any atom is 0.416 e. The van der Waals surface area contributed by atoms with Crippen LogP contribution in [0.3, 0.4) is 0 Å². The van der Waals surface area contributed by atoms with Crippen molar-refractivity contribution in [2.75, 3.05) is 25.0 Å². The summed E-state index contributed by atoms with van der Waals surface area (Å²) in [7, 11) is 0. The molecular weight excluding hydrogens is 349 g/mol. The van der Waals surface area contributed by atoms with Crippen LogP contribution >= 0.6 is 0 Å². The number of rotatable bonds is 5. The number of nitrogens with one attached hydrogen (secondary N) is 1. The number of hydrogen-bond donors (Lipinski definition) is 1. The number of nitrogens with zero attached hydrogens (tertiary/aromatic N) is 1. The zero-order valence-electron chi connectivity index (χ0n) is 14.8. The third-order valence-corrected chi connectivity index (χ3v) is 4.56. The minimum Gasteiger partial charge on any atom is -0.466 e. The highest BCUT2D eigenvalue weighted by Crippen LogP contribution is 2.30. The van der Waals surface area contributed by atoms with E-state index in [1.54, 1.807) is 13.8 Å². The average Bonchev–Trinajstić information content (AvgIpc) is 2.61. The van der Waals surface area contributed by atoms with Crippen LogP contribution in [0.1, 0.15) is 32.3 Å². The predicted octanol–water partition coefficient (Wildman–Crippen LogP) is 3.31. The van der Waals surface area contributed by atoms with E-state index in [0.717, 1.165) is 12.1 Å². The predicted molar refractivity (Wildman–Crippen MR) is 90.5 cm³/mol. The van der Waals surface area contributed by atoms with Gasteiger partial charge in [-0.1, -0.05) is 0 Å². The van der Waals surface area contributed by atoms with Gasteiger partial charge in [-0.2, -0.15) is 13.2 Å². The molecule has 2 rings (SSSR count). The maximum absolute atomic E-state index is 12.6. The molecular formula is C18H23F3N2O3. The molecule has 0 saturated carbocycles. The van der Waals surface area contributed by atoms with E-state index in [1.807, 2.05) is 4.90 Å². The molecule has 1 saturated heterocycles. The van der Waals surface area contributed by atoms with Crippen molar-refractivity contribution < 1.29 is 27.5 Å². The first kappa shape index (κ1) is 20.2. The smallest absolute Gasteiger partial charge is 0.416 e. The summed E-state index contributed by atoms with van der Waals surface area (Å²) in [6.45, 7) is 5.03. The fourth-order valence-corrected chi connectivity index (χ4v) is 2.94. The number of benzene rings is 1. The van der Waals surface area contributed by atoms with E-state index >= 15 is 0 Å². The van der Waals surface area contributed by atoms with Crippen LogP contribution < -0.4 is 5.32 Å². The zero-order valence-corrected chi connectivity index (χ0v) is 14.8. The standard InChI is InChI=1S/C18H23F3N2O3/c1-3-26-17(25)13-8-10-23(11-9-13)12(2)16(24)22-15-6-4-14(5-7-15)18(19,20)21/h4-7,12-13H,3,8-11H2,1-2H3,(H,22,24). The average molecular weight is 372 g/mol. The fourth-order valence-electron chi connectivity index (χ4n) is 2.94. The first-order valence-corrected chi connectivity index (χ1v) is 8.61.